The molecule has 22 heavy (non-hydrogen) atoms. The van der Waals surface area contributed by atoms with Crippen molar-refractivity contribution < 1.29 is 4.74 Å². The van der Waals surface area contributed by atoms with Gasteiger partial charge in [-0.15, -0.1) is 0 Å². The average Bonchev–Trinajstić information content (AvgIpc) is 2.56. The van der Waals surface area contributed by atoms with Gasteiger partial charge in [0.15, 0.2) is 0 Å². The predicted molar refractivity (Wildman–Crippen MR) is 91.9 cm³/mol. The quantitative estimate of drug-likeness (QED) is 0.750. The van der Waals surface area contributed by atoms with Crippen molar-refractivity contribution in [3.05, 3.63) is 65.3 Å². The molecule has 0 bridgehead atoms. The van der Waals surface area contributed by atoms with Crippen molar-refractivity contribution >= 4 is 28.2 Å². The van der Waals surface area contributed by atoms with E-state index in [0.717, 1.165) is 40.3 Å². The number of benzene rings is 2. The molecule has 3 rings (SSSR count). The van der Waals surface area contributed by atoms with E-state index in [1.54, 1.807) is 7.11 Å². The molecule has 0 aliphatic heterocycles. The Hall–Kier alpha value is -2.26. The summed E-state index contributed by atoms with van der Waals surface area (Å²) in [5, 5.41) is 5.23. The number of rotatable bonds is 5. The van der Waals surface area contributed by atoms with E-state index in [0.29, 0.717) is 0 Å². The van der Waals surface area contributed by atoms with Crippen molar-refractivity contribution in [1.82, 2.24) is 4.98 Å². The van der Waals surface area contributed by atoms with Crippen molar-refractivity contribution in [1.29, 1.82) is 0 Å². The van der Waals surface area contributed by atoms with Crippen LogP contribution >= 0.6 is 11.6 Å². The molecule has 1 N–H and O–H groups in total. The van der Waals surface area contributed by atoms with Crippen LogP contribution in [0, 0.1) is 0 Å². The van der Waals surface area contributed by atoms with Crippen LogP contribution in [0.2, 0.25) is 5.02 Å². The lowest BCUT2D eigenvalue weighted by molar-refractivity contribution is 0.414. The van der Waals surface area contributed by atoms with Crippen LogP contribution in [0.15, 0.2) is 54.7 Å². The van der Waals surface area contributed by atoms with Gasteiger partial charge in [0.1, 0.15) is 5.75 Å². The molecule has 0 atom stereocenters. The molecule has 2 aromatic carbocycles. The lowest BCUT2D eigenvalue weighted by Crippen LogP contribution is -2.05. The number of fused-ring (bicyclic) bond motifs is 1. The zero-order valence-corrected chi connectivity index (χ0v) is 13.1. The highest BCUT2D eigenvalue weighted by molar-refractivity contribution is 6.31. The Labute approximate surface area is 134 Å². The first-order valence-electron chi connectivity index (χ1n) is 7.17. The van der Waals surface area contributed by atoms with Crippen LogP contribution in [0.1, 0.15) is 5.56 Å². The molecule has 3 nitrogen and oxygen atoms in total. The summed E-state index contributed by atoms with van der Waals surface area (Å²) in [5.41, 5.74) is 3.27. The SMILES string of the molecule is COc1ccc(CCNc2ccnc3ccc(Cl)cc23)cc1. The third kappa shape index (κ3) is 3.31. The standard InChI is InChI=1S/C18H17ClN2O/c1-22-15-5-2-13(3-6-15)8-10-20-18-9-11-21-17-7-4-14(19)12-16(17)18/h2-7,9,11-12H,8,10H2,1H3,(H,20,21). The van der Waals surface area contributed by atoms with Gasteiger partial charge in [-0.25, -0.2) is 0 Å². The summed E-state index contributed by atoms with van der Waals surface area (Å²) in [6.45, 7) is 0.845. The highest BCUT2D eigenvalue weighted by Gasteiger charge is 2.02. The average molecular weight is 313 g/mol. The molecule has 0 aliphatic rings. The van der Waals surface area contributed by atoms with Crippen molar-refractivity contribution in [3.8, 4) is 5.75 Å². The van der Waals surface area contributed by atoms with Gasteiger partial charge in [0, 0.05) is 28.8 Å². The summed E-state index contributed by atoms with van der Waals surface area (Å²) < 4.78 is 5.17. The lowest BCUT2D eigenvalue weighted by Gasteiger charge is -2.10. The number of ether oxygens (including phenoxy) is 1. The molecular formula is C18H17ClN2O. The number of hydrogen-bond donors (Lipinski definition) is 1. The topological polar surface area (TPSA) is 34.1 Å². The summed E-state index contributed by atoms with van der Waals surface area (Å²) in [6, 6.07) is 15.9. The minimum atomic E-state index is 0.721. The van der Waals surface area contributed by atoms with Crippen LogP contribution in [-0.4, -0.2) is 18.6 Å². The number of halogens is 1. The Morgan fingerprint density at radius 3 is 2.68 bits per heavy atom. The number of nitrogens with zero attached hydrogens (tertiary/aromatic N) is 1. The zero-order chi connectivity index (χ0) is 15.4. The lowest BCUT2D eigenvalue weighted by atomic mass is 10.1. The second-order valence-electron chi connectivity index (χ2n) is 5.04. The van der Waals surface area contributed by atoms with Gasteiger partial charge in [-0.3, -0.25) is 4.98 Å². The predicted octanol–water partition coefficient (Wildman–Crippen LogP) is 4.55. The van der Waals surface area contributed by atoms with Crippen LogP contribution in [0.3, 0.4) is 0 Å². The highest BCUT2D eigenvalue weighted by atomic mass is 35.5. The van der Waals surface area contributed by atoms with Gasteiger partial charge in [-0.1, -0.05) is 23.7 Å². The van der Waals surface area contributed by atoms with E-state index in [4.69, 9.17) is 16.3 Å². The normalized spacial score (nSPS) is 10.6. The number of nitrogens with one attached hydrogen (secondary N) is 1. The van der Waals surface area contributed by atoms with Crippen molar-refractivity contribution in [2.24, 2.45) is 0 Å². The number of anilines is 1. The Morgan fingerprint density at radius 2 is 1.91 bits per heavy atom. The first-order valence-corrected chi connectivity index (χ1v) is 7.55. The van der Waals surface area contributed by atoms with E-state index in [1.807, 2.05) is 42.6 Å². The van der Waals surface area contributed by atoms with E-state index in [-0.39, 0.29) is 0 Å². The van der Waals surface area contributed by atoms with Crippen LogP contribution in [0.5, 0.6) is 5.75 Å². The number of aromatic nitrogens is 1. The van der Waals surface area contributed by atoms with E-state index in [9.17, 15) is 0 Å². The minimum Gasteiger partial charge on any atom is -0.497 e. The minimum absolute atomic E-state index is 0.721. The fourth-order valence-corrected chi connectivity index (χ4v) is 2.58. The van der Waals surface area contributed by atoms with Gasteiger partial charge < -0.3 is 10.1 Å². The highest BCUT2D eigenvalue weighted by Crippen LogP contribution is 2.24. The molecule has 1 heterocycles. The third-order valence-corrected chi connectivity index (χ3v) is 3.83. The summed E-state index contributed by atoms with van der Waals surface area (Å²) in [5.74, 6) is 0.881. The van der Waals surface area contributed by atoms with Gasteiger partial charge in [0.25, 0.3) is 0 Å². The van der Waals surface area contributed by atoms with Crippen molar-refractivity contribution in [2.75, 3.05) is 19.0 Å². The third-order valence-electron chi connectivity index (χ3n) is 3.59. The second-order valence-corrected chi connectivity index (χ2v) is 5.48. The molecule has 1 aromatic heterocycles. The van der Waals surface area contributed by atoms with Crippen LogP contribution < -0.4 is 10.1 Å². The summed E-state index contributed by atoms with van der Waals surface area (Å²) in [7, 11) is 1.68. The number of pyridine rings is 1. The van der Waals surface area contributed by atoms with Crippen LogP contribution in [0.25, 0.3) is 10.9 Å². The van der Waals surface area contributed by atoms with Gasteiger partial charge in [0.2, 0.25) is 0 Å². The molecule has 0 fully saturated rings. The van der Waals surface area contributed by atoms with E-state index >= 15 is 0 Å². The van der Waals surface area contributed by atoms with Gasteiger partial charge in [-0.2, -0.15) is 0 Å². The second kappa shape index (κ2) is 6.67. The Balaban J connectivity index is 1.69. The molecule has 4 heteroatoms. The first kappa shape index (κ1) is 14.7. The largest absolute Gasteiger partial charge is 0.497 e. The maximum atomic E-state index is 6.08. The van der Waals surface area contributed by atoms with Crippen molar-refractivity contribution in [3.63, 3.8) is 0 Å². The van der Waals surface area contributed by atoms with E-state index in [2.05, 4.69) is 22.4 Å². The molecule has 3 aromatic rings. The Kier molecular flexibility index (Phi) is 4.45. The molecule has 0 saturated heterocycles. The smallest absolute Gasteiger partial charge is 0.118 e. The summed E-state index contributed by atoms with van der Waals surface area (Å²) >= 11 is 6.08. The Bertz CT molecular complexity index is 772. The molecule has 112 valence electrons. The van der Waals surface area contributed by atoms with E-state index < -0.39 is 0 Å². The molecule has 0 aliphatic carbocycles. The maximum absolute atomic E-state index is 6.08. The van der Waals surface area contributed by atoms with E-state index in [1.165, 1.54) is 5.56 Å². The maximum Gasteiger partial charge on any atom is 0.118 e. The Morgan fingerprint density at radius 1 is 1.09 bits per heavy atom. The van der Waals surface area contributed by atoms with Crippen LogP contribution in [-0.2, 0) is 6.42 Å². The zero-order valence-electron chi connectivity index (χ0n) is 12.3. The van der Waals surface area contributed by atoms with Crippen LogP contribution in [0.4, 0.5) is 5.69 Å². The molecule has 0 spiro atoms. The monoisotopic (exact) mass is 312 g/mol. The summed E-state index contributed by atoms with van der Waals surface area (Å²) in [6.07, 6.45) is 2.75. The first-order chi connectivity index (χ1) is 10.8. The molecule has 0 unspecified atom stereocenters. The van der Waals surface area contributed by atoms with Gasteiger partial charge in [0.05, 0.1) is 12.6 Å². The number of hydrogen-bond acceptors (Lipinski definition) is 3. The fourth-order valence-electron chi connectivity index (χ4n) is 2.41. The molecule has 0 radical (unpaired) electrons. The van der Waals surface area contributed by atoms with Gasteiger partial charge >= 0.3 is 0 Å². The number of methoxy groups -OCH3 is 1. The molecular weight excluding hydrogens is 296 g/mol. The fraction of sp³-hybridized carbons (Fsp3) is 0.167. The van der Waals surface area contributed by atoms with Crippen molar-refractivity contribution in [2.45, 2.75) is 6.42 Å². The molecule has 0 saturated carbocycles. The van der Waals surface area contributed by atoms with Gasteiger partial charge in [-0.05, 0) is 48.4 Å². The summed E-state index contributed by atoms with van der Waals surface area (Å²) in [4.78, 5) is 4.36. The molecule has 0 amide bonds.